The third kappa shape index (κ3) is 2.40. The van der Waals surface area contributed by atoms with Crippen molar-refractivity contribution in [2.24, 2.45) is 5.73 Å². The highest BCUT2D eigenvalue weighted by Crippen LogP contribution is 2.26. The van der Waals surface area contributed by atoms with Crippen molar-refractivity contribution >= 4 is 0 Å². The molecule has 3 N–H and O–H groups in total. The van der Waals surface area contributed by atoms with E-state index in [4.69, 9.17) is 15.6 Å². The van der Waals surface area contributed by atoms with Gasteiger partial charge in [-0.3, -0.25) is 0 Å². The van der Waals surface area contributed by atoms with Crippen LogP contribution in [-0.2, 0) is 13.2 Å². The number of hydrogen-bond acceptors (Lipinski definition) is 4. The number of hydrogen-bond donors (Lipinski definition) is 2. The number of ether oxygens (including phenoxy) is 1. The summed E-state index contributed by atoms with van der Waals surface area (Å²) < 4.78 is 29.9. The highest BCUT2D eigenvalue weighted by Gasteiger charge is 2.18. The SMILES string of the molecule is COc1cc(CO)c(CN)c(C(F)F)n1. The fraction of sp³-hybridized carbons (Fsp3) is 0.444. The summed E-state index contributed by atoms with van der Waals surface area (Å²) >= 11 is 0. The average molecular weight is 218 g/mol. The van der Waals surface area contributed by atoms with Gasteiger partial charge in [-0.2, -0.15) is 0 Å². The number of rotatable bonds is 4. The molecule has 0 radical (unpaired) electrons. The van der Waals surface area contributed by atoms with Gasteiger partial charge < -0.3 is 15.6 Å². The smallest absolute Gasteiger partial charge is 0.280 e. The Morgan fingerprint density at radius 2 is 2.27 bits per heavy atom. The zero-order chi connectivity index (χ0) is 11.4. The molecule has 1 heterocycles. The van der Waals surface area contributed by atoms with Crippen molar-refractivity contribution in [3.05, 3.63) is 22.9 Å². The Kier molecular flexibility index (Phi) is 3.93. The lowest BCUT2D eigenvalue weighted by atomic mass is 10.1. The second kappa shape index (κ2) is 4.99. The van der Waals surface area contributed by atoms with Crippen molar-refractivity contribution in [3.63, 3.8) is 0 Å². The van der Waals surface area contributed by atoms with Crippen LogP contribution in [-0.4, -0.2) is 17.2 Å². The molecule has 1 rings (SSSR count). The summed E-state index contributed by atoms with van der Waals surface area (Å²) in [6.07, 6.45) is -2.73. The Balaban J connectivity index is 3.32. The molecule has 0 bridgehead atoms. The Hall–Kier alpha value is -1.27. The van der Waals surface area contributed by atoms with Crippen molar-refractivity contribution in [1.82, 2.24) is 4.98 Å². The number of aliphatic hydroxyl groups is 1. The summed E-state index contributed by atoms with van der Waals surface area (Å²) in [6, 6.07) is 1.40. The lowest BCUT2D eigenvalue weighted by molar-refractivity contribution is 0.143. The van der Waals surface area contributed by atoms with Crippen molar-refractivity contribution in [2.45, 2.75) is 19.6 Å². The van der Waals surface area contributed by atoms with Crippen molar-refractivity contribution in [1.29, 1.82) is 0 Å². The zero-order valence-corrected chi connectivity index (χ0v) is 8.20. The van der Waals surface area contributed by atoms with Gasteiger partial charge in [0.25, 0.3) is 6.43 Å². The van der Waals surface area contributed by atoms with Gasteiger partial charge >= 0.3 is 0 Å². The number of halogens is 2. The minimum absolute atomic E-state index is 0.0477. The molecule has 0 aliphatic carbocycles. The number of pyridine rings is 1. The summed E-state index contributed by atoms with van der Waals surface area (Å²) in [5.74, 6) is 0.0477. The van der Waals surface area contributed by atoms with E-state index in [-0.39, 0.29) is 24.6 Å². The van der Waals surface area contributed by atoms with E-state index in [2.05, 4.69) is 4.98 Å². The van der Waals surface area contributed by atoms with Crippen molar-refractivity contribution in [3.8, 4) is 5.88 Å². The predicted molar refractivity (Wildman–Crippen MR) is 49.6 cm³/mol. The van der Waals surface area contributed by atoms with Crippen LogP contribution >= 0.6 is 0 Å². The average Bonchev–Trinajstić information content (AvgIpc) is 2.26. The summed E-state index contributed by atoms with van der Waals surface area (Å²) in [5.41, 5.74) is 5.39. The van der Waals surface area contributed by atoms with E-state index in [0.717, 1.165) is 0 Å². The van der Waals surface area contributed by atoms with E-state index in [9.17, 15) is 8.78 Å². The first-order valence-corrected chi connectivity index (χ1v) is 4.29. The summed E-state index contributed by atoms with van der Waals surface area (Å²) in [4.78, 5) is 3.61. The number of nitrogens with two attached hydrogens (primary N) is 1. The van der Waals surface area contributed by atoms with Gasteiger partial charge in [-0.25, -0.2) is 13.8 Å². The van der Waals surface area contributed by atoms with Gasteiger partial charge in [-0.15, -0.1) is 0 Å². The largest absolute Gasteiger partial charge is 0.481 e. The fourth-order valence-corrected chi connectivity index (χ4v) is 1.28. The molecule has 0 saturated heterocycles. The molecule has 0 amide bonds. The van der Waals surface area contributed by atoms with Crippen LogP contribution in [0.2, 0.25) is 0 Å². The normalized spacial score (nSPS) is 10.8. The van der Waals surface area contributed by atoms with Gasteiger partial charge in [-0.1, -0.05) is 0 Å². The van der Waals surface area contributed by atoms with Crippen molar-refractivity contribution < 1.29 is 18.6 Å². The highest BCUT2D eigenvalue weighted by atomic mass is 19.3. The Bertz CT molecular complexity index is 345. The van der Waals surface area contributed by atoms with Gasteiger partial charge in [0.15, 0.2) is 0 Å². The quantitative estimate of drug-likeness (QED) is 0.790. The summed E-state index contributed by atoms with van der Waals surface area (Å²) in [7, 11) is 1.32. The second-order valence-corrected chi connectivity index (χ2v) is 2.85. The van der Waals surface area contributed by atoms with Gasteiger partial charge in [0.2, 0.25) is 5.88 Å². The van der Waals surface area contributed by atoms with Gasteiger partial charge in [0.1, 0.15) is 5.69 Å². The van der Waals surface area contributed by atoms with Crippen LogP contribution in [0.1, 0.15) is 23.2 Å². The number of alkyl halides is 2. The molecule has 0 fully saturated rings. The maximum absolute atomic E-state index is 12.6. The minimum atomic E-state index is -2.73. The Labute approximate surface area is 85.7 Å². The van der Waals surface area contributed by atoms with Gasteiger partial charge in [0, 0.05) is 12.6 Å². The van der Waals surface area contributed by atoms with Gasteiger partial charge in [-0.05, 0) is 11.1 Å². The molecule has 1 aromatic rings. The molecule has 0 aliphatic rings. The Morgan fingerprint density at radius 3 is 2.67 bits per heavy atom. The zero-order valence-electron chi connectivity index (χ0n) is 8.20. The summed E-state index contributed by atoms with van der Waals surface area (Å²) in [6.45, 7) is -0.461. The van der Waals surface area contributed by atoms with E-state index in [1.54, 1.807) is 0 Å². The maximum Gasteiger partial charge on any atom is 0.280 e. The van der Waals surface area contributed by atoms with E-state index in [1.165, 1.54) is 13.2 Å². The van der Waals surface area contributed by atoms with Gasteiger partial charge in [0.05, 0.1) is 13.7 Å². The molecular formula is C9H12F2N2O2. The number of aromatic nitrogens is 1. The van der Waals surface area contributed by atoms with Crippen LogP contribution in [0.5, 0.6) is 5.88 Å². The third-order valence-electron chi connectivity index (χ3n) is 2.02. The van der Waals surface area contributed by atoms with Crippen LogP contribution in [0.3, 0.4) is 0 Å². The molecule has 0 unspecified atom stereocenters. The molecule has 0 saturated carbocycles. The monoisotopic (exact) mass is 218 g/mol. The first kappa shape index (κ1) is 11.8. The van der Waals surface area contributed by atoms with E-state index in [1.807, 2.05) is 0 Å². The molecule has 0 spiro atoms. The molecular weight excluding hydrogens is 206 g/mol. The summed E-state index contributed by atoms with van der Waals surface area (Å²) in [5, 5.41) is 8.99. The molecule has 4 nitrogen and oxygen atoms in total. The van der Waals surface area contributed by atoms with Crippen LogP contribution < -0.4 is 10.5 Å². The molecule has 1 aromatic heterocycles. The van der Waals surface area contributed by atoms with Crippen molar-refractivity contribution in [2.75, 3.05) is 7.11 Å². The topological polar surface area (TPSA) is 68.4 Å². The number of aliphatic hydroxyl groups excluding tert-OH is 1. The first-order valence-electron chi connectivity index (χ1n) is 4.29. The molecule has 0 aromatic carbocycles. The minimum Gasteiger partial charge on any atom is -0.481 e. The standard InChI is InChI=1S/C9H12F2N2O2/c1-15-7-2-5(4-14)6(3-12)8(13-7)9(10)11/h2,9,14H,3-4,12H2,1H3. The van der Waals surface area contributed by atoms with E-state index in [0.29, 0.717) is 5.56 Å². The Morgan fingerprint density at radius 1 is 1.60 bits per heavy atom. The fourth-order valence-electron chi connectivity index (χ4n) is 1.28. The molecule has 0 atom stereocenters. The number of methoxy groups -OCH3 is 1. The van der Waals surface area contributed by atoms with E-state index < -0.39 is 12.1 Å². The second-order valence-electron chi connectivity index (χ2n) is 2.85. The van der Waals surface area contributed by atoms with Crippen LogP contribution in [0.4, 0.5) is 8.78 Å². The van der Waals surface area contributed by atoms with Crippen LogP contribution in [0.15, 0.2) is 6.07 Å². The lowest BCUT2D eigenvalue weighted by Gasteiger charge is -2.12. The van der Waals surface area contributed by atoms with Crippen LogP contribution in [0.25, 0.3) is 0 Å². The highest BCUT2D eigenvalue weighted by molar-refractivity contribution is 5.35. The molecule has 0 aliphatic heterocycles. The predicted octanol–water partition coefficient (Wildman–Crippen LogP) is 0.979. The first-order chi connectivity index (χ1) is 7.13. The number of nitrogens with zero attached hydrogens (tertiary/aromatic N) is 1. The van der Waals surface area contributed by atoms with E-state index >= 15 is 0 Å². The van der Waals surface area contributed by atoms with Crippen LogP contribution in [0, 0.1) is 0 Å². The molecule has 84 valence electrons. The molecule has 6 heteroatoms. The lowest BCUT2D eigenvalue weighted by Crippen LogP contribution is -2.09. The third-order valence-corrected chi connectivity index (χ3v) is 2.02. The molecule has 15 heavy (non-hydrogen) atoms. The maximum atomic E-state index is 12.6.